The van der Waals surface area contributed by atoms with Crippen LogP contribution in [0.4, 0.5) is 5.69 Å². The number of nitrogens with two attached hydrogens (primary N) is 1. The number of hydrogen-bond acceptors (Lipinski definition) is 3. The van der Waals surface area contributed by atoms with Gasteiger partial charge in [0.15, 0.2) is 0 Å². The van der Waals surface area contributed by atoms with Gasteiger partial charge in [-0.15, -0.1) is 6.42 Å². The molecule has 0 aromatic heterocycles. The molecule has 1 atom stereocenters. The van der Waals surface area contributed by atoms with Gasteiger partial charge in [-0.1, -0.05) is 12.0 Å². The summed E-state index contributed by atoms with van der Waals surface area (Å²) in [5, 5.41) is 9.82. The molecule has 0 spiro atoms. The first-order valence-electron chi connectivity index (χ1n) is 5.37. The van der Waals surface area contributed by atoms with E-state index < -0.39 is 0 Å². The highest BCUT2D eigenvalue weighted by atomic mass is 16.3. The van der Waals surface area contributed by atoms with Crippen LogP contribution in [0.1, 0.15) is 25.5 Å². The molecule has 0 aliphatic heterocycles. The van der Waals surface area contributed by atoms with E-state index in [1.807, 2.05) is 30.9 Å². The summed E-state index contributed by atoms with van der Waals surface area (Å²) in [6, 6.07) is 5.31. The van der Waals surface area contributed by atoms with Crippen molar-refractivity contribution >= 4 is 5.69 Å². The maximum Gasteiger partial charge on any atom is 0.122 e. The fourth-order valence-electron chi connectivity index (χ4n) is 1.61. The van der Waals surface area contributed by atoms with Gasteiger partial charge in [0.1, 0.15) is 5.75 Å². The van der Waals surface area contributed by atoms with Crippen molar-refractivity contribution in [1.82, 2.24) is 0 Å². The second-order valence-corrected chi connectivity index (χ2v) is 3.75. The SMILES string of the molecule is C#CCN(CC)c1ccc(C(C)N)c(O)c1. The lowest BCUT2D eigenvalue weighted by molar-refractivity contribution is 0.464. The lowest BCUT2D eigenvalue weighted by Gasteiger charge is -2.21. The first-order valence-corrected chi connectivity index (χ1v) is 5.37. The highest BCUT2D eigenvalue weighted by Crippen LogP contribution is 2.27. The third-order valence-corrected chi connectivity index (χ3v) is 2.53. The Hall–Kier alpha value is -1.66. The third-order valence-electron chi connectivity index (χ3n) is 2.53. The minimum atomic E-state index is -0.170. The number of phenolic OH excluding ortho intramolecular Hbond substituents is 1. The molecule has 1 unspecified atom stereocenters. The maximum absolute atomic E-state index is 9.82. The van der Waals surface area contributed by atoms with E-state index in [0.717, 1.165) is 17.8 Å². The van der Waals surface area contributed by atoms with Crippen LogP contribution >= 0.6 is 0 Å². The molecule has 0 bridgehead atoms. The zero-order chi connectivity index (χ0) is 12.1. The van der Waals surface area contributed by atoms with Crippen LogP contribution in [0, 0.1) is 12.3 Å². The first kappa shape index (κ1) is 12.4. The Balaban J connectivity index is 3.00. The monoisotopic (exact) mass is 218 g/mol. The van der Waals surface area contributed by atoms with Gasteiger partial charge in [0.2, 0.25) is 0 Å². The average Bonchev–Trinajstić information content (AvgIpc) is 2.25. The Morgan fingerprint density at radius 1 is 1.56 bits per heavy atom. The van der Waals surface area contributed by atoms with Crippen LogP contribution in [0.5, 0.6) is 5.75 Å². The van der Waals surface area contributed by atoms with E-state index in [2.05, 4.69) is 5.92 Å². The van der Waals surface area contributed by atoms with Crippen molar-refractivity contribution in [3.63, 3.8) is 0 Å². The topological polar surface area (TPSA) is 49.5 Å². The number of aromatic hydroxyl groups is 1. The maximum atomic E-state index is 9.82. The van der Waals surface area contributed by atoms with E-state index in [1.165, 1.54) is 0 Å². The fourth-order valence-corrected chi connectivity index (χ4v) is 1.61. The van der Waals surface area contributed by atoms with Crippen molar-refractivity contribution in [2.75, 3.05) is 18.0 Å². The fraction of sp³-hybridized carbons (Fsp3) is 0.385. The second-order valence-electron chi connectivity index (χ2n) is 3.75. The molecular formula is C13H18N2O. The summed E-state index contributed by atoms with van der Waals surface area (Å²) in [7, 11) is 0. The molecule has 0 fully saturated rings. The third kappa shape index (κ3) is 2.68. The Bertz CT molecular complexity index is 393. The summed E-state index contributed by atoms with van der Waals surface area (Å²) in [6.45, 7) is 5.20. The molecule has 86 valence electrons. The molecule has 0 saturated heterocycles. The van der Waals surface area contributed by atoms with Crippen molar-refractivity contribution in [2.24, 2.45) is 5.73 Å². The molecule has 3 nitrogen and oxygen atoms in total. The highest BCUT2D eigenvalue weighted by molar-refractivity contribution is 5.54. The molecule has 0 aliphatic rings. The molecule has 0 aliphatic carbocycles. The van der Waals surface area contributed by atoms with Gasteiger partial charge < -0.3 is 15.7 Å². The van der Waals surface area contributed by atoms with Gasteiger partial charge in [-0.3, -0.25) is 0 Å². The molecule has 1 aromatic carbocycles. The molecule has 0 amide bonds. The first-order chi connectivity index (χ1) is 7.60. The molecule has 0 radical (unpaired) electrons. The summed E-state index contributed by atoms with van der Waals surface area (Å²) in [4.78, 5) is 2.00. The minimum absolute atomic E-state index is 0.170. The van der Waals surface area contributed by atoms with E-state index in [1.54, 1.807) is 6.07 Å². The van der Waals surface area contributed by atoms with Gasteiger partial charge >= 0.3 is 0 Å². The molecule has 1 aromatic rings. The molecule has 1 rings (SSSR count). The predicted molar refractivity (Wildman–Crippen MR) is 67.4 cm³/mol. The Morgan fingerprint density at radius 3 is 2.69 bits per heavy atom. The summed E-state index contributed by atoms with van der Waals surface area (Å²) >= 11 is 0. The largest absolute Gasteiger partial charge is 0.508 e. The van der Waals surface area contributed by atoms with Gasteiger partial charge in [-0.2, -0.15) is 0 Å². The summed E-state index contributed by atoms with van der Waals surface area (Å²) in [5.74, 6) is 2.82. The van der Waals surface area contributed by atoms with E-state index >= 15 is 0 Å². The van der Waals surface area contributed by atoms with Crippen LogP contribution in [0.25, 0.3) is 0 Å². The van der Waals surface area contributed by atoms with Crippen molar-refractivity contribution < 1.29 is 5.11 Å². The van der Waals surface area contributed by atoms with Gasteiger partial charge in [0, 0.05) is 29.9 Å². The molecular weight excluding hydrogens is 200 g/mol. The number of hydrogen-bond donors (Lipinski definition) is 2. The lowest BCUT2D eigenvalue weighted by atomic mass is 10.1. The molecule has 3 N–H and O–H groups in total. The Labute approximate surface area is 96.9 Å². The summed E-state index contributed by atoms with van der Waals surface area (Å²) < 4.78 is 0. The highest BCUT2D eigenvalue weighted by Gasteiger charge is 2.09. The predicted octanol–water partition coefficient (Wildman–Crippen LogP) is 1.87. The van der Waals surface area contributed by atoms with Gasteiger partial charge in [0.05, 0.1) is 6.54 Å². The number of rotatable bonds is 4. The van der Waals surface area contributed by atoms with Crippen LogP contribution in [-0.4, -0.2) is 18.2 Å². The Kier molecular flexibility index (Phi) is 4.21. The number of terminal acetylenes is 1. The zero-order valence-electron chi connectivity index (χ0n) is 9.77. The number of phenols is 1. The van der Waals surface area contributed by atoms with E-state index in [-0.39, 0.29) is 11.8 Å². The van der Waals surface area contributed by atoms with Gasteiger partial charge in [0.25, 0.3) is 0 Å². The van der Waals surface area contributed by atoms with Crippen molar-refractivity contribution in [2.45, 2.75) is 19.9 Å². The standard InChI is InChI=1S/C13H18N2O/c1-4-8-15(5-2)11-6-7-12(10(3)14)13(16)9-11/h1,6-7,9-10,16H,5,8,14H2,2-3H3. The van der Waals surface area contributed by atoms with Gasteiger partial charge in [-0.25, -0.2) is 0 Å². The quantitative estimate of drug-likeness (QED) is 0.758. The summed E-state index contributed by atoms with van der Waals surface area (Å²) in [6.07, 6.45) is 5.28. The molecule has 16 heavy (non-hydrogen) atoms. The normalized spacial score (nSPS) is 11.9. The van der Waals surface area contributed by atoms with Crippen LogP contribution in [0.2, 0.25) is 0 Å². The lowest BCUT2D eigenvalue weighted by Crippen LogP contribution is -2.22. The summed E-state index contributed by atoms with van der Waals surface area (Å²) in [5.41, 5.74) is 7.40. The van der Waals surface area contributed by atoms with Crippen LogP contribution in [-0.2, 0) is 0 Å². The second kappa shape index (κ2) is 5.43. The van der Waals surface area contributed by atoms with Crippen LogP contribution < -0.4 is 10.6 Å². The van der Waals surface area contributed by atoms with Crippen LogP contribution in [0.3, 0.4) is 0 Å². The smallest absolute Gasteiger partial charge is 0.122 e. The van der Waals surface area contributed by atoms with Crippen molar-refractivity contribution in [3.8, 4) is 18.1 Å². The van der Waals surface area contributed by atoms with Crippen molar-refractivity contribution in [1.29, 1.82) is 0 Å². The van der Waals surface area contributed by atoms with Gasteiger partial charge in [-0.05, 0) is 19.9 Å². The number of nitrogens with zero attached hydrogens (tertiary/aromatic N) is 1. The Morgan fingerprint density at radius 2 is 2.25 bits per heavy atom. The van der Waals surface area contributed by atoms with E-state index in [0.29, 0.717) is 6.54 Å². The number of benzene rings is 1. The van der Waals surface area contributed by atoms with Crippen LogP contribution in [0.15, 0.2) is 18.2 Å². The molecule has 0 heterocycles. The average molecular weight is 218 g/mol. The number of anilines is 1. The molecule has 0 saturated carbocycles. The van der Waals surface area contributed by atoms with Crippen molar-refractivity contribution in [3.05, 3.63) is 23.8 Å². The minimum Gasteiger partial charge on any atom is -0.508 e. The van der Waals surface area contributed by atoms with E-state index in [4.69, 9.17) is 12.2 Å². The van der Waals surface area contributed by atoms with E-state index in [9.17, 15) is 5.11 Å². The zero-order valence-corrected chi connectivity index (χ0v) is 9.77. The molecule has 3 heteroatoms.